The third-order valence-electron chi connectivity index (χ3n) is 2.87. The highest BCUT2D eigenvalue weighted by molar-refractivity contribution is 5.70. The van der Waals surface area contributed by atoms with Gasteiger partial charge in [-0.3, -0.25) is 14.8 Å². The molecule has 0 aliphatic rings. The van der Waals surface area contributed by atoms with Crippen LogP contribution in [-0.2, 0) is 9.53 Å². The minimum absolute atomic E-state index is 0.164. The smallest absolute Gasteiger partial charge is 0.307 e. The number of benzene rings is 1. The van der Waals surface area contributed by atoms with E-state index in [2.05, 4.69) is 9.97 Å². The van der Waals surface area contributed by atoms with E-state index in [1.165, 1.54) is 0 Å². The molecule has 2 aromatic rings. The van der Waals surface area contributed by atoms with Gasteiger partial charge in [0.05, 0.1) is 24.9 Å². The molecule has 1 unspecified atom stereocenters. The zero-order valence-corrected chi connectivity index (χ0v) is 11.3. The minimum atomic E-state index is -0.384. The number of carbonyl (C=O) groups excluding carboxylic acids is 1. The molecule has 2 rings (SSSR count). The summed E-state index contributed by atoms with van der Waals surface area (Å²) in [6.45, 7) is 2.14. The van der Waals surface area contributed by atoms with E-state index < -0.39 is 0 Å². The monoisotopic (exact) mass is 271 g/mol. The fraction of sp³-hybridized carbons (Fsp3) is 0.267. The van der Waals surface area contributed by atoms with Crippen molar-refractivity contribution in [3.63, 3.8) is 0 Å². The summed E-state index contributed by atoms with van der Waals surface area (Å²) < 4.78 is 4.91. The second kappa shape index (κ2) is 6.77. The third-order valence-corrected chi connectivity index (χ3v) is 2.87. The van der Waals surface area contributed by atoms with Crippen molar-refractivity contribution in [3.05, 3.63) is 48.4 Å². The van der Waals surface area contributed by atoms with Crippen molar-refractivity contribution in [2.45, 2.75) is 19.4 Å². The second-order valence-electron chi connectivity index (χ2n) is 4.33. The van der Waals surface area contributed by atoms with Crippen molar-refractivity contribution >= 4 is 5.97 Å². The third kappa shape index (κ3) is 3.61. The molecule has 0 fully saturated rings. The van der Waals surface area contributed by atoms with Gasteiger partial charge in [0.25, 0.3) is 0 Å². The number of ether oxygens (including phenoxy) is 1. The van der Waals surface area contributed by atoms with E-state index >= 15 is 0 Å². The fourth-order valence-electron chi connectivity index (χ4n) is 1.89. The number of esters is 1. The quantitative estimate of drug-likeness (QED) is 0.842. The lowest BCUT2D eigenvalue weighted by atomic mass is 10.0. The molecule has 2 N–H and O–H groups in total. The normalized spacial score (nSPS) is 11.9. The van der Waals surface area contributed by atoms with E-state index in [4.69, 9.17) is 10.5 Å². The van der Waals surface area contributed by atoms with Crippen molar-refractivity contribution in [3.8, 4) is 11.3 Å². The lowest BCUT2D eigenvalue weighted by Gasteiger charge is -2.12. The van der Waals surface area contributed by atoms with Crippen LogP contribution in [0.2, 0.25) is 0 Å². The first-order valence-corrected chi connectivity index (χ1v) is 6.48. The Morgan fingerprint density at radius 2 is 2.25 bits per heavy atom. The van der Waals surface area contributed by atoms with Gasteiger partial charge in [0.2, 0.25) is 0 Å². The van der Waals surface area contributed by atoms with Gasteiger partial charge in [0.1, 0.15) is 0 Å². The fourth-order valence-corrected chi connectivity index (χ4v) is 1.89. The highest BCUT2D eigenvalue weighted by atomic mass is 16.5. The molecular weight excluding hydrogens is 254 g/mol. The summed E-state index contributed by atoms with van der Waals surface area (Å²) in [4.78, 5) is 19.7. The van der Waals surface area contributed by atoms with Crippen LogP contribution in [0.1, 0.15) is 24.9 Å². The van der Waals surface area contributed by atoms with Gasteiger partial charge in [-0.2, -0.15) is 0 Å². The number of nitrogens with two attached hydrogens (primary N) is 1. The number of nitrogens with zero attached hydrogens (tertiary/aromatic N) is 2. The van der Waals surface area contributed by atoms with Gasteiger partial charge in [-0.25, -0.2) is 0 Å². The van der Waals surface area contributed by atoms with Crippen LogP contribution in [0.4, 0.5) is 0 Å². The number of hydrogen-bond donors (Lipinski definition) is 1. The Hall–Kier alpha value is -2.27. The predicted molar refractivity (Wildman–Crippen MR) is 75.6 cm³/mol. The summed E-state index contributed by atoms with van der Waals surface area (Å²) in [6, 6.07) is 7.26. The zero-order valence-electron chi connectivity index (χ0n) is 11.3. The molecule has 1 aromatic heterocycles. The van der Waals surface area contributed by atoms with Crippen LogP contribution in [-0.4, -0.2) is 22.5 Å². The average Bonchev–Trinajstić information content (AvgIpc) is 2.48. The summed E-state index contributed by atoms with van der Waals surface area (Å²) in [6.07, 6.45) is 5.12. The number of rotatable bonds is 5. The number of aromatic nitrogens is 2. The highest BCUT2D eigenvalue weighted by Crippen LogP contribution is 2.21. The van der Waals surface area contributed by atoms with E-state index in [1.807, 2.05) is 24.3 Å². The van der Waals surface area contributed by atoms with Gasteiger partial charge in [-0.15, -0.1) is 0 Å². The number of hydrogen-bond acceptors (Lipinski definition) is 5. The molecule has 1 aromatic carbocycles. The Morgan fingerprint density at radius 1 is 1.40 bits per heavy atom. The molecule has 0 saturated carbocycles. The van der Waals surface area contributed by atoms with Gasteiger partial charge in [-0.1, -0.05) is 18.2 Å². The molecule has 0 radical (unpaired) electrons. The Bertz CT molecular complexity index is 572. The van der Waals surface area contributed by atoms with E-state index in [0.717, 1.165) is 16.8 Å². The number of carbonyl (C=O) groups is 1. The highest BCUT2D eigenvalue weighted by Gasteiger charge is 2.13. The second-order valence-corrected chi connectivity index (χ2v) is 4.33. The van der Waals surface area contributed by atoms with Gasteiger partial charge >= 0.3 is 5.97 Å². The predicted octanol–water partition coefficient (Wildman–Crippen LogP) is 2.10. The summed E-state index contributed by atoms with van der Waals surface area (Å²) in [7, 11) is 0. The molecule has 0 bridgehead atoms. The molecule has 1 heterocycles. The molecule has 1 atom stereocenters. The van der Waals surface area contributed by atoms with Gasteiger partial charge < -0.3 is 10.5 Å². The standard InChI is InChI=1S/C15H17N3O2/c1-2-20-15(19)9-13(16)11-4-3-5-12(8-11)14-10-17-6-7-18-14/h3-8,10,13H,2,9,16H2,1H3. The van der Waals surface area contributed by atoms with E-state index in [9.17, 15) is 4.79 Å². The maximum absolute atomic E-state index is 11.5. The minimum Gasteiger partial charge on any atom is -0.466 e. The molecule has 5 nitrogen and oxygen atoms in total. The summed E-state index contributed by atoms with van der Waals surface area (Å²) in [5.41, 5.74) is 8.61. The van der Waals surface area contributed by atoms with Crippen LogP contribution >= 0.6 is 0 Å². The maximum atomic E-state index is 11.5. The van der Waals surface area contributed by atoms with Gasteiger partial charge in [0.15, 0.2) is 0 Å². The van der Waals surface area contributed by atoms with Crippen LogP contribution in [0, 0.1) is 0 Å². The molecule has 20 heavy (non-hydrogen) atoms. The Labute approximate surface area is 117 Å². The first-order chi connectivity index (χ1) is 9.70. The SMILES string of the molecule is CCOC(=O)CC(N)c1cccc(-c2cnccn2)c1. The maximum Gasteiger partial charge on any atom is 0.307 e. The molecule has 0 spiro atoms. The van der Waals surface area contributed by atoms with E-state index in [-0.39, 0.29) is 18.4 Å². The zero-order chi connectivity index (χ0) is 14.4. The van der Waals surface area contributed by atoms with Crippen LogP contribution in [0.5, 0.6) is 0 Å². The van der Waals surface area contributed by atoms with E-state index in [0.29, 0.717) is 6.61 Å². The lowest BCUT2D eigenvalue weighted by Crippen LogP contribution is -2.17. The van der Waals surface area contributed by atoms with Gasteiger partial charge in [-0.05, 0) is 18.6 Å². The molecule has 104 valence electrons. The molecule has 0 aliphatic heterocycles. The first-order valence-electron chi connectivity index (χ1n) is 6.48. The topological polar surface area (TPSA) is 78.1 Å². The van der Waals surface area contributed by atoms with Crippen molar-refractivity contribution in [1.29, 1.82) is 0 Å². The summed E-state index contributed by atoms with van der Waals surface area (Å²) >= 11 is 0. The van der Waals surface area contributed by atoms with Crippen molar-refractivity contribution in [1.82, 2.24) is 9.97 Å². The largest absolute Gasteiger partial charge is 0.466 e. The summed E-state index contributed by atoms with van der Waals surface area (Å²) in [5, 5.41) is 0. The first kappa shape index (κ1) is 14.1. The van der Waals surface area contributed by atoms with Crippen molar-refractivity contribution < 1.29 is 9.53 Å². The van der Waals surface area contributed by atoms with Crippen molar-refractivity contribution in [2.24, 2.45) is 5.73 Å². The van der Waals surface area contributed by atoms with Gasteiger partial charge in [0, 0.05) is 24.0 Å². The summed E-state index contributed by atoms with van der Waals surface area (Å²) in [5.74, 6) is -0.287. The van der Waals surface area contributed by atoms with Crippen LogP contribution in [0.15, 0.2) is 42.9 Å². The van der Waals surface area contributed by atoms with Crippen LogP contribution in [0.25, 0.3) is 11.3 Å². The molecule has 0 aliphatic carbocycles. The van der Waals surface area contributed by atoms with Crippen LogP contribution in [0.3, 0.4) is 0 Å². The molecule has 5 heteroatoms. The van der Waals surface area contributed by atoms with Crippen LogP contribution < -0.4 is 5.73 Å². The van der Waals surface area contributed by atoms with E-state index in [1.54, 1.807) is 25.5 Å². The lowest BCUT2D eigenvalue weighted by molar-refractivity contribution is -0.143. The Morgan fingerprint density at radius 3 is 2.95 bits per heavy atom. The average molecular weight is 271 g/mol. The Kier molecular flexibility index (Phi) is 4.79. The Balaban J connectivity index is 2.15. The van der Waals surface area contributed by atoms with Crippen molar-refractivity contribution in [2.75, 3.05) is 6.61 Å². The molecule has 0 saturated heterocycles. The molecular formula is C15H17N3O2. The molecule has 0 amide bonds.